The molecular formula is C31H45N3O5. The molecule has 214 valence electrons. The number of aliphatic hydroxyl groups is 1. The van der Waals surface area contributed by atoms with E-state index in [9.17, 15) is 14.7 Å². The summed E-state index contributed by atoms with van der Waals surface area (Å²) in [5, 5.41) is 17.0. The highest BCUT2D eigenvalue weighted by Gasteiger charge is 2.32. The lowest BCUT2D eigenvalue weighted by molar-refractivity contribution is -0.126. The van der Waals surface area contributed by atoms with Gasteiger partial charge in [-0.15, -0.1) is 0 Å². The quantitative estimate of drug-likeness (QED) is 0.282. The number of methoxy groups -OCH3 is 1. The summed E-state index contributed by atoms with van der Waals surface area (Å²) in [5.74, 6) is 1.02. The van der Waals surface area contributed by atoms with Gasteiger partial charge in [0.25, 0.3) is 5.91 Å². The van der Waals surface area contributed by atoms with E-state index in [0.717, 1.165) is 37.2 Å². The van der Waals surface area contributed by atoms with Crippen molar-refractivity contribution in [1.29, 1.82) is 0 Å². The van der Waals surface area contributed by atoms with Crippen molar-refractivity contribution in [3.8, 4) is 5.75 Å². The van der Waals surface area contributed by atoms with Crippen LogP contribution in [0.25, 0.3) is 0 Å². The average Bonchev–Trinajstić information content (AvgIpc) is 3.40. The van der Waals surface area contributed by atoms with Gasteiger partial charge in [0.05, 0.1) is 13.2 Å². The number of aliphatic hydroxyl groups excluding tert-OH is 1. The van der Waals surface area contributed by atoms with Gasteiger partial charge in [-0.1, -0.05) is 43.3 Å². The Bertz CT molecular complexity index is 1050. The van der Waals surface area contributed by atoms with E-state index in [0.29, 0.717) is 37.4 Å². The van der Waals surface area contributed by atoms with Crippen molar-refractivity contribution in [2.75, 3.05) is 53.0 Å². The molecular weight excluding hydrogens is 494 g/mol. The van der Waals surface area contributed by atoms with E-state index in [1.54, 1.807) is 19.2 Å². The fourth-order valence-electron chi connectivity index (χ4n) is 4.98. The normalized spacial score (nSPS) is 17.8. The number of hydrogen-bond donors (Lipinski definition) is 3. The Balaban J connectivity index is 1.59. The van der Waals surface area contributed by atoms with Crippen molar-refractivity contribution in [2.24, 2.45) is 11.8 Å². The van der Waals surface area contributed by atoms with Gasteiger partial charge in [0.2, 0.25) is 0 Å². The smallest absolute Gasteiger partial charge is 0.254 e. The highest BCUT2D eigenvalue weighted by atomic mass is 16.5. The van der Waals surface area contributed by atoms with E-state index in [1.807, 2.05) is 55.1 Å². The first kappa shape index (κ1) is 30.8. The molecule has 1 fully saturated rings. The number of amides is 1. The van der Waals surface area contributed by atoms with E-state index < -0.39 is 6.10 Å². The summed E-state index contributed by atoms with van der Waals surface area (Å²) in [4.78, 5) is 28.1. The molecule has 0 radical (unpaired) electrons. The molecule has 1 aliphatic heterocycles. The van der Waals surface area contributed by atoms with Crippen LogP contribution in [-0.2, 0) is 16.0 Å². The Kier molecular flexibility index (Phi) is 12.4. The number of ketones is 1. The van der Waals surface area contributed by atoms with Gasteiger partial charge in [0.15, 0.2) is 5.78 Å². The maximum atomic E-state index is 13.7. The van der Waals surface area contributed by atoms with Gasteiger partial charge in [-0.25, -0.2) is 0 Å². The van der Waals surface area contributed by atoms with E-state index >= 15 is 0 Å². The topological polar surface area (TPSA) is 100 Å². The van der Waals surface area contributed by atoms with Gasteiger partial charge in [-0.2, -0.15) is 0 Å². The van der Waals surface area contributed by atoms with Crippen molar-refractivity contribution < 1.29 is 24.2 Å². The third kappa shape index (κ3) is 8.86. The number of ether oxygens (including phenoxy) is 2. The highest BCUT2D eigenvalue weighted by molar-refractivity contribution is 5.95. The Morgan fingerprint density at radius 2 is 1.85 bits per heavy atom. The Hall–Kier alpha value is -2.78. The van der Waals surface area contributed by atoms with Crippen LogP contribution < -0.4 is 15.4 Å². The molecule has 1 saturated heterocycles. The fraction of sp³-hybridized carbons (Fsp3) is 0.548. The maximum absolute atomic E-state index is 13.7. The van der Waals surface area contributed by atoms with Crippen LogP contribution in [0.15, 0.2) is 48.5 Å². The first-order valence-electron chi connectivity index (χ1n) is 14.1. The monoisotopic (exact) mass is 539 g/mol. The Labute approximate surface area is 233 Å². The highest BCUT2D eigenvalue weighted by Crippen LogP contribution is 2.25. The van der Waals surface area contributed by atoms with Crippen LogP contribution in [-0.4, -0.2) is 80.8 Å². The lowest BCUT2D eigenvalue weighted by Crippen LogP contribution is -2.43. The molecule has 3 atom stereocenters. The average molecular weight is 540 g/mol. The van der Waals surface area contributed by atoms with Gasteiger partial charge < -0.3 is 30.1 Å². The van der Waals surface area contributed by atoms with Crippen molar-refractivity contribution in [1.82, 2.24) is 15.5 Å². The number of nitrogens with one attached hydrogen (secondary N) is 2. The third-order valence-corrected chi connectivity index (χ3v) is 7.37. The molecule has 0 unspecified atom stereocenters. The molecule has 1 heterocycles. The first-order chi connectivity index (χ1) is 18.8. The predicted octanol–water partition coefficient (Wildman–Crippen LogP) is 3.24. The van der Waals surface area contributed by atoms with Gasteiger partial charge in [0, 0.05) is 44.8 Å². The molecule has 0 bridgehead atoms. The molecule has 2 aromatic carbocycles. The summed E-state index contributed by atoms with van der Waals surface area (Å²) < 4.78 is 11.1. The van der Waals surface area contributed by atoms with Gasteiger partial charge in [0.1, 0.15) is 11.9 Å². The Morgan fingerprint density at radius 3 is 2.54 bits per heavy atom. The SMILES string of the molecule is CCc1ccc(C(=O)N(C[C@@H]2CNC[C@H]2CNCC(=O)[C@@H](O)c2ccccc2)C(C)C)cc1OCCCOC. The summed E-state index contributed by atoms with van der Waals surface area (Å²) in [5.41, 5.74) is 2.31. The number of nitrogens with zero attached hydrogens (tertiary/aromatic N) is 1. The number of Topliss-reactive ketones (excluding diaryl/α,β-unsaturated/α-hetero) is 1. The van der Waals surface area contributed by atoms with Crippen LogP contribution in [0.2, 0.25) is 0 Å². The molecule has 3 rings (SSSR count). The van der Waals surface area contributed by atoms with Crippen LogP contribution >= 0.6 is 0 Å². The molecule has 39 heavy (non-hydrogen) atoms. The maximum Gasteiger partial charge on any atom is 0.254 e. The van der Waals surface area contributed by atoms with Gasteiger partial charge >= 0.3 is 0 Å². The number of hydrogen-bond acceptors (Lipinski definition) is 7. The Morgan fingerprint density at radius 1 is 1.10 bits per heavy atom. The van der Waals surface area contributed by atoms with E-state index in [4.69, 9.17) is 9.47 Å². The molecule has 0 aromatic heterocycles. The van der Waals surface area contributed by atoms with Gasteiger partial charge in [-0.3, -0.25) is 9.59 Å². The largest absolute Gasteiger partial charge is 0.493 e. The lowest BCUT2D eigenvalue weighted by atomic mass is 9.94. The molecule has 0 aliphatic carbocycles. The zero-order chi connectivity index (χ0) is 28.2. The third-order valence-electron chi connectivity index (χ3n) is 7.37. The van der Waals surface area contributed by atoms with Crippen molar-refractivity contribution in [2.45, 2.75) is 45.8 Å². The van der Waals surface area contributed by atoms with Crippen molar-refractivity contribution in [3.63, 3.8) is 0 Å². The molecule has 0 spiro atoms. The second-order valence-corrected chi connectivity index (χ2v) is 10.5. The van der Waals surface area contributed by atoms with E-state index in [2.05, 4.69) is 17.6 Å². The number of carbonyl (C=O) groups excluding carboxylic acids is 2. The second kappa shape index (κ2) is 15.7. The number of benzene rings is 2. The molecule has 1 amide bonds. The number of rotatable bonds is 16. The zero-order valence-corrected chi connectivity index (χ0v) is 23.8. The fourth-order valence-corrected chi connectivity index (χ4v) is 4.98. The molecule has 1 aliphatic rings. The van der Waals surface area contributed by atoms with E-state index in [1.165, 1.54) is 0 Å². The van der Waals surface area contributed by atoms with Crippen LogP contribution in [0, 0.1) is 11.8 Å². The van der Waals surface area contributed by atoms with Crippen LogP contribution in [0.4, 0.5) is 0 Å². The van der Waals surface area contributed by atoms with Crippen LogP contribution in [0.3, 0.4) is 0 Å². The summed E-state index contributed by atoms with van der Waals surface area (Å²) in [6.45, 7) is 10.3. The lowest BCUT2D eigenvalue weighted by Gasteiger charge is -2.32. The van der Waals surface area contributed by atoms with Crippen molar-refractivity contribution >= 4 is 11.7 Å². The van der Waals surface area contributed by atoms with E-state index in [-0.39, 0.29) is 36.1 Å². The van der Waals surface area contributed by atoms with Crippen LogP contribution in [0.1, 0.15) is 54.8 Å². The molecule has 0 saturated carbocycles. The van der Waals surface area contributed by atoms with Gasteiger partial charge in [-0.05, 0) is 68.5 Å². The second-order valence-electron chi connectivity index (χ2n) is 10.5. The summed E-state index contributed by atoms with van der Waals surface area (Å²) in [6.07, 6.45) is 0.491. The minimum atomic E-state index is -1.13. The molecule has 3 N–H and O–H groups in total. The first-order valence-corrected chi connectivity index (χ1v) is 14.1. The zero-order valence-electron chi connectivity index (χ0n) is 23.8. The summed E-state index contributed by atoms with van der Waals surface area (Å²) >= 11 is 0. The molecule has 8 nitrogen and oxygen atoms in total. The number of aryl methyl sites for hydroxylation is 1. The summed E-state index contributed by atoms with van der Waals surface area (Å²) in [7, 11) is 1.67. The molecule has 2 aromatic rings. The summed E-state index contributed by atoms with van der Waals surface area (Å²) in [6, 6.07) is 14.8. The predicted molar refractivity (Wildman–Crippen MR) is 153 cm³/mol. The minimum absolute atomic E-state index is 0.00540. The molecule has 8 heteroatoms. The number of carbonyl (C=O) groups is 2. The van der Waals surface area contributed by atoms with Crippen molar-refractivity contribution in [3.05, 3.63) is 65.2 Å². The van der Waals surface area contributed by atoms with Crippen LogP contribution in [0.5, 0.6) is 5.75 Å². The minimum Gasteiger partial charge on any atom is -0.493 e. The standard InChI is InChI=1S/C31H45N3O5/c1-5-23-12-13-25(16-29(23)39-15-9-14-38-4)31(37)34(22(2)3)21-27-19-32-17-26(27)18-33-20-28(35)30(36)24-10-7-6-8-11-24/h6-8,10-13,16,22,26-27,30,32-33,36H,5,9,14-15,17-21H2,1-4H3/t26-,27-,30-/m0/s1.